The van der Waals surface area contributed by atoms with Crippen LogP contribution >= 0.6 is 0 Å². The molecule has 0 saturated carbocycles. The average molecular weight is 270 g/mol. The van der Waals surface area contributed by atoms with Gasteiger partial charge in [-0.1, -0.05) is 0 Å². The van der Waals surface area contributed by atoms with Crippen LogP contribution in [0, 0.1) is 12.7 Å². The first kappa shape index (κ1) is 15.4. The van der Waals surface area contributed by atoms with Crippen molar-refractivity contribution in [1.82, 2.24) is 5.32 Å². The Kier molecular flexibility index (Phi) is 6.24. The van der Waals surface area contributed by atoms with Crippen molar-refractivity contribution >= 4 is 11.6 Å². The quantitative estimate of drug-likeness (QED) is 0.506. The van der Waals surface area contributed by atoms with Crippen molar-refractivity contribution in [2.75, 3.05) is 32.1 Å². The molecule has 0 unspecified atom stereocenters. The van der Waals surface area contributed by atoms with Crippen LogP contribution in [-0.4, -0.2) is 37.4 Å². The number of hydrogen-bond donors (Lipinski definition) is 3. The van der Waals surface area contributed by atoms with Gasteiger partial charge in [0.25, 0.3) is 5.91 Å². The Morgan fingerprint density at radius 3 is 2.84 bits per heavy atom. The lowest BCUT2D eigenvalue weighted by Crippen LogP contribution is -2.25. The molecule has 0 aliphatic carbocycles. The summed E-state index contributed by atoms with van der Waals surface area (Å²) in [6.07, 6.45) is 0.621. The molecule has 1 amide bonds. The molecular formula is C13H19FN2O3. The molecule has 1 aromatic carbocycles. The van der Waals surface area contributed by atoms with Gasteiger partial charge in [-0.25, -0.2) is 4.39 Å². The zero-order valence-electron chi connectivity index (χ0n) is 10.9. The summed E-state index contributed by atoms with van der Waals surface area (Å²) >= 11 is 0. The van der Waals surface area contributed by atoms with Gasteiger partial charge in [-0.2, -0.15) is 0 Å². The molecule has 1 aromatic rings. The maximum absolute atomic E-state index is 13.4. The molecule has 0 fully saturated rings. The standard InChI is InChI=1S/C13H19FN2O3/c1-9-11(14)7-10(8-12(9)15)13(18)16-3-2-5-19-6-4-17/h7-8,17H,2-6,15H2,1H3,(H,16,18). The van der Waals surface area contributed by atoms with Crippen LogP contribution < -0.4 is 11.1 Å². The van der Waals surface area contributed by atoms with Crippen LogP contribution in [0.3, 0.4) is 0 Å². The highest BCUT2D eigenvalue weighted by Gasteiger charge is 2.10. The van der Waals surface area contributed by atoms with E-state index in [-0.39, 0.29) is 30.4 Å². The maximum Gasteiger partial charge on any atom is 0.251 e. The van der Waals surface area contributed by atoms with E-state index in [1.165, 1.54) is 12.1 Å². The number of halogens is 1. The third-order valence-corrected chi connectivity index (χ3v) is 2.63. The van der Waals surface area contributed by atoms with E-state index in [9.17, 15) is 9.18 Å². The Morgan fingerprint density at radius 2 is 2.21 bits per heavy atom. The molecule has 0 atom stereocenters. The molecule has 106 valence electrons. The fraction of sp³-hybridized carbons (Fsp3) is 0.462. The highest BCUT2D eigenvalue weighted by Crippen LogP contribution is 2.17. The highest BCUT2D eigenvalue weighted by molar-refractivity contribution is 5.95. The molecule has 5 nitrogen and oxygen atoms in total. The number of nitrogen functional groups attached to an aromatic ring is 1. The molecule has 4 N–H and O–H groups in total. The van der Waals surface area contributed by atoms with Crippen LogP contribution in [0.2, 0.25) is 0 Å². The zero-order valence-corrected chi connectivity index (χ0v) is 10.9. The lowest BCUT2D eigenvalue weighted by Gasteiger charge is -2.08. The van der Waals surface area contributed by atoms with Crippen LogP contribution in [0.1, 0.15) is 22.3 Å². The van der Waals surface area contributed by atoms with Gasteiger partial charge < -0.3 is 20.9 Å². The third kappa shape index (κ3) is 4.84. The number of carbonyl (C=O) groups excluding carboxylic acids is 1. The molecule has 19 heavy (non-hydrogen) atoms. The first-order valence-corrected chi connectivity index (χ1v) is 6.08. The summed E-state index contributed by atoms with van der Waals surface area (Å²) in [5.74, 6) is -0.857. The fourth-order valence-electron chi connectivity index (χ4n) is 1.48. The number of aliphatic hydroxyl groups is 1. The van der Waals surface area contributed by atoms with Gasteiger partial charge in [0.05, 0.1) is 13.2 Å². The normalized spacial score (nSPS) is 10.5. The number of aliphatic hydroxyl groups excluding tert-OH is 1. The van der Waals surface area contributed by atoms with E-state index < -0.39 is 5.82 Å². The minimum atomic E-state index is -0.489. The fourth-order valence-corrected chi connectivity index (χ4v) is 1.48. The molecule has 0 radical (unpaired) electrons. The summed E-state index contributed by atoms with van der Waals surface area (Å²) in [4.78, 5) is 11.7. The van der Waals surface area contributed by atoms with Crippen molar-refractivity contribution in [3.8, 4) is 0 Å². The molecule has 0 bridgehead atoms. The van der Waals surface area contributed by atoms with Crippen molar-refractivity contribution in [3.05, 3.63) is 29.1 Å². The number of rotatable bonds is 7. The number of ether oxygens (including phenoxy) is 1. The maximum atomic E-state index is 13.4. The van der Waals surface area contributed by atoms with Crippen molar-refractivity contribution in [2.45, 2.75) is 13.3 Å². The number of amides is 1. The predicted molar refractivity (Wildman–Crippen MR) is 70.4 cm³/mol. The van der Waals surface area contributed by atoms with Crippen molar-refractivity contribution in [2.24, 2.45) is 0 Å². The Morgan fingerprint density at radius 1 is 1.47 bits per heavy atom. The number of nitrogens with one attached hydrogen (secondary N) is 1. The van der Waals surface area contributed by atoms with E-state index >= 15 is 0 Å². The molecular weight excluding hydrogens is 251 g/mol. The summed E-state index contributed by atoms with van der Waals surface area (Å²) < 4.78 is 18.5. The van der Waals surface area contributed by atoms with Crippen molar-refractivity contribution in [3.63, 3.8) is 0 Å². The minimum absolute atomic E-state index is 0.0196. The molecule has 1 rings (SSSR count). The van der Waals surface area contributed by atoms with Gasteiger partial charge in [0, 0.05) is 30.0 Å². The topological polar surface area (TPSA) is 84.6 Å². The number of benzene rings is 1. The summed E-state index contributed by atoms with van der Waals surface area (Å²) in [7, 11) is 0. The Hall–Kier alpha value is -1.66. The first-order chi connectivity index (χ1) is 9.06. The Bertz CT molecular complexity index is 415. The van der Waals surface area contributed by atoms with Gasteiger partial charge in [0.1, 0.15) is 5.82 Å². The van der Waals surface area contributed by atoms with E-state index in [1.807, 2.05) is 0 Å². The molecule has 0 aromatic heterocycles. The van der Waals surface area contributed by atoms with Crippen LogP contribution in [0.4, 0.5) is 10.1 Å². The second-order valence-electron chi connectivity index (χ2n) is 4.12. The van der Waals surface area contributed by atoms with Gasteiger partial charge in [0.2, 0.25) is 0 Å². The van der Waals surface area contributed by atoms with Crippen molar-refractivity contribution < 1.29 is 19.0 Å². The Labute approximate surface area is 111 Å². The van der Waals surface area contributed by atoms with E-state index in [4.69, 9.17) is 15.6 Å². The molecule has 6 heteroatoms. The minimum Gasteiger partial charge on any atom is -0.398 e. The summed E-state index contributed by atoms with van der Waals surface area (Å²) in [6, 6.07) is 2.62. The van der Waals surface area contributed by atoms with Crippen LogP contribution in [0.15, 0.2) is 12.1 Å². The largest absolute Gasteiger partial charge is 0.398 e. The number of anilines is 1. The SMILES string of the molecule is Cc1c(N)cc(C(=O)NCCCOCCO)cc1F. The summed E-state index contributed by atoms with van der Waals surface area (Å²) in [6.45, 7) is 2.69. The second-order valence-corrected chi connectivity index (χ2v) is 4.12. The van der Waals surface area contributed by atoms with Crippen LogP contribution in [0.25, 0.3) is 0 Å². The number of nitrogens with two attached hydrogens (primary N) is 1. The first-order valence-electron chi connectivity index (χ1n) is 6.08. The lowest BCUT2D eigenvalue weighted by molar-refractivity contribution is 0.0867. The van der Waals surface area contributed by atoms with Gasteiger partial charge >= 0.3 is 0 Å². The van der Waals surface area contributed by atoms with Gasteiger partial charge in [-0.3, -0.25) is 4.79 Å². The second kappa shape index (κ2) is 7.70. The van der Waals surface area contributed by atoms with E-state index in [1.54, 1.807) is 6.92 Å². The number of carbonyl (C=O) groups is 1. The van der Waals surface area contributed by atoms with E-state index in [0.29, 0.717) is 25.1 Å². The van der Waals surface area contributed by atoms with Crippen LogP contribution in [-0.2, 0) is 4.74 Å². The molecule has 0 saturated heterocycles. The van der Waals surface area contributed by atoms with Gasteiger partial charge in [0.15, 0.2) is 0 Å². The highest BCUT2D eigenvalue weighted by atomic mass is 19.1. The predicted octanol–water partition coefficient (Wildman–Crippen LogP) is 0.845. The van der Waals surface area contributed by atoms with Crippen molar-refractivity contribution in [1.29, 1.82) is 0 Å². The van der Waals surface area contributed by atoms with Gasteiger partial charge in [-0.05, 0) is 25.5 Å². The van der Waals surface area contributed by atoms with Crippen LogP contribution in [0.5, 0.6) is 0 Å². The molecule has 0 aliphatic heterocycles. The average Bonchev–Trinajstić information content (AvgIpc) is 2.39. The molecule has 0 heterocycles. The molecule has 0 aliphatic rings. The van der Waals surface area contributed by atoms with Gasteiger partial charge in [-0.15, -0.1) is 0 Å². The third-order valence-electron chi connectivity index (χ3n) is 2.63. The van der Waals surface area contributed by atoms with E-state index in [0.717, 1.165) is 0 Å². The summed E-state index contributed by atoms with van der Waals surface area (Å²) in [5, 5.41) is 11.1. The molecule has 0 spiro atoms. The number of hydrogen-bond acceptors (Lipinski definition) is 4. The zero-order chi connectivity index (χ0) is 14.3. The monoisotopic (exact) mass is 270 g/mol. The Balaban J connectivity index is 2.42. The lowest BCUT2D eigenvalue weighted by atomic mass is 10.1. The smallest absolute Gasteiger partial charge is 0.251 e. The van der Waals surface area contributed by atoms with E-state index in [2.05, 4.69) is 5.32 Å². The summed E-state index contributed by atoms with van der Waals surface area (Å²) in [5.41, 5.74) is 6.41.